The van der Waals surface area contributed by atoms with Gasteiger partial charge in [-0.15, -0.1) is 0 Å². The van der Waals surface area contributed by atoms with Crippen LogP contribution in [0.3, 0.4) is 0 Å². The first-order chi connectivity index (χ1) is 14.5. The van der Waals surface area contributed by atoms with E-state index in [1.165, 1.54) is 7.11 Å². The monoisotopic (exact) mass is 447 g/mol. The van der Waals surface area contributed by atoms with E-state index in [0.29, 0.717) is 19.6 Å². The molecule has 0 aliphatic heterocycles. The molecule has 2 aromatic rings. The number of aryl methyl sites for hydroxylation is 1. The second-order valence-corrected chi connectivity index (χ2v) is 14.1. The molecule has 0 spiro atoms. The van der Waals surface area contributed by atoms with Gasteiger partial charge in [-0.25, -0.2) is 9.97 Å². The third kappa shape index (κ3) is 7.64. The van der Waals surface area contributed by atoms with Gasteiger partial charge in [0, 0.05) is 23.9 Å². The molecule has 2 heterocycles. The largest absolute Gasteiger partial charge is 0.468 e. The summed E-state index contributed by atoms with van der Waals surface area (Å²) in [6.07, 6.45) is 3.68. The lowest BCUT2D eigenvalue weighted by atomic mass is 10.1. The summed E-state index contributed by atoms with van der Waals surface area (Å²) in [7, 11) is -0.631. The molecule has 8 heteroatoms. The average Bonchev–Trinajstić information content (AvgIpc) is 2.72. The van der Waals surface area contributed by atoms with Crippen LogP contribution in [0.1, 0.15) is 39.3 Å². The van der Waals surface area contributed by atoms with Gasteiger partial charge in [-0.05, 0) is 61.7 Å². The summed E-state index contributed by atoms with van der Waals surface area (Å²) in [5.74, 6) is -0.423. The minimum atomic E-state index is -1.97. The molecule has 0 fully saturated rings. The van der Waals surface area contributed by atoms with Gasteiger partial charge in [-0.3, -0.25) is 4.79 Å². The van der Waals surface area contributed by atoms with E-state index in [1.54, 1.807) is 6.20 Å². The zero-order chi connectivity index (χ0) is 23.1. The van der Waals surface area contributed by atoms with Gasteiger partial charge in [-0.2, -0.15) is 0 Å². The van der Waals surface area contributed by atoms with E-state index in [1.807, 2.05) is 18.2 Å². The van der Waals surface area contributed by atoms with Crippen molar-refractivity contribution in [2.45, 2.75) is 70.3 Å². The van der Waals surface area contributed by atoms with E-state index in [9.17, 15) is 4.79 Å². The SMILES string of the molecule is COC(=O)C(N)CCOCC(CCc1ccc2cccnc2n1)O[Si](C)(C)C(C)(C)C. The number of pyridine rings is 2. The fraction of sp³-hybridized carbons (Fsp3) is 0.609. The number of hydrogen-bond donors (Lipinski definition) is 1. The Morgan fingerprint density at radius 2 is 1.94 bits per heavy atom. The Morgan fingerprint density at radius 1 is 1.19 bits per heavy atom. The van der Waals surface area contributed by atoms with Crippen LogP contribution in [0.5, 0.6) is 0 Å². The second kappa shape index (κ2) is 11.1. The molecule has 0 amide bonds. The van der Waals surface area contributed by atoms with Crippen molar-refractivity contribution in [3.8, 4) is 0 Å². The number of carbonyl (C=O) groups is 1. The van der Waals surface area contributed by atoms with Crippen molar-refractivity contribution < 1.29 is 18.7 Å². The number of aromatic nitrogens is 2. The third-order valence-corrected chi connectivity index (χ3v) is 10.4. The third-order valence-electron chi connectivity index (χ3n) is 5.89. The number of methoxy groups -OCH3 is 1. The van der Waals surface area contributed by atoms with Gasteiger partial charge in [0.1, 0.15) is 6.04 Å². The Morgan fingerprint density at radius 3 is 2.61 bits per heavy atom. The Kier molecular flexibility index (Phi) is 9.11. The fourth-order valence-electron chi connectivity index (χ4n) is 2.90. The van der Waals surface area contributed by atoms with Gasteiger partial charge in [0.15, 0.2) is 14.0 Å². The highest BCUT2D eigenvalue weighted by Crippen LogP contribution is 2.37. The van der Waals surface area contributed by atoms with Gasteiger partial charge in [0.2, 0.25) is 0 Å². The summed E-state index contributed by atoms with van der Waals surface area (Å²) in [5.41, 5.74) is 7.54. The number of nitrogens with two attached hydrogens (primary N) is 1. The minimum absolute atomic E-state index is 0.0588. The Labute approximate surface area is 186 Å². The molecule has 172 valence electrons. The first kappa shape index (κ1) is 25.4. The van der Waals surface area contributed by atoms with Crippen LogP contribution in [0.4, 0.5) is 0 Å². The first-order valence-corrected chi connectivity index (χ1v) is 13.7. The first-order valence-electron chi connectivity index (χ1n) is 10.8. The molecule has 2 N–H and O–H groups in total. The summed E-state index contributed by atoms with van der Waals surface area (Å²) < 4.78 is 17.2. The highest BCUT2D eigenvalue weighted by atomic mass is 28.4. The Balaban J connectivity index is 1.99. The number of fused-ring (bicyclic) bond motifs is 1. The summed E-state index contributed by atoms with van der Waals surface area (Å²) in [4.78, 5) is 20.5. The lowest BCUT2D eigenvalue weighted by Crippen LogP contribution is -2.45. The summed E-state index contributed by atoms with van der Waals surface area (Å²) >= 11 is 0. The van der Waals surface area contributed by atoms with Crippen molar-refractivity contribution in [1.82, 2.24) is 9.97 Å². The molecule has 2 rings (SSSR count). The lowest BCUT2D eigenvalue weighted by Gasteiger charge is -2.39. The predicted molar refractivity (Wildman–Crippen MR) is 125 cm³/mol. The van der Waals surface area contributed by atoms with E-state index in [2.05, 4.69) is 54.6 Å². The molecule has 0 aromatic carbocycles. The summed E-state index contributed by atoms with van der Waals surface area (Å²) in [6, 6.07) is 7.35. The highest BCUT2D eigenvalue weighted by Gasteiger charge is 2.39. The highest BCUT2D eigenvalue weighted by molar-refractivity contribution is 6.74. The molecule has 0 saturated carbocycles. The maximum atomic E-state index is 11.5. The molecule has 31 heavy (non-hydrogen) atoms. The van der Waals surface area contributed by atoms with Crippen molar-refractivity contribution in [2.75, 3.05) is 20.3 Å². The maximum Gasteiger partial charge on any atom is 0.322 e. The fourth-order valence-corrected chi connectivity index (χ4v) is 4.28. The van der Waals surface area contributed by atoms with Crippen LogP contribution in [0.15, 0.2) is 30.5 Å². The molecule has 0 bridgehead atoms. The molecule has 0 radical (unpaired) electrons. The second-order valence-electron chi connectivity index (χ2n) is 9.38. The lowest BCUT2D eigenvalue weighted by molar-refractivity contribution is -0.142. The number of hydrogen-bond acceptors (Lipinski definition) is 7. The number of ether oxygens (including phenoxy) is 2. The number of rotatable bonds is 11. The van der Waals surface area contributed by atoms with Gasteiger partial charge in [0.25, 0.3) is 0 Å². The zero-order valence-corrected chi connectivity index (χ0v) is 20.7. The van der Waals surface area contributed by atoms with Crippen molar-refractivity contribution in [2.24, 2.45) is 5.73 Å². The molecule has 2 aromatic heterocycles. The minimum Gasteiger partial charge on any atom is -0.468 e. The topological polar surface area (TPSA) is 96.6 Å². The molecule has 0 saturated heterocycles. The maximum absolute atomic E-state index is 11.5. The van der Waals surface area contributed by atoms with Crippen molar-refractivity contribution in [1.29, 1.82) is 0 Å². The molecule has 2 unspecified atom stereocenters. The van der Waals surface area contributed by atoms with E-state index in [4.69, 9.17) is 14.9 Å². The number of nitrogens with zero attached hydrogens (tertiary/aromatic N) is 2. The van der Waals surface area contributed by atoms with Crippen LogP contribution in [0.25, 0.3) is 11.0 Å². The molecular formula is C23H37N3O4Si. The van der Waals surface area contributed by atoms with Crippen LogP contribution in [-0.4, -0.2) is 56.7 Å². The van der Waals surface area contributed by atoms with Crippen LogP contribution < -0.4 is 5.73 Å². The Hall–Kier alpha value is -1.87. The number of carbonyl (C=O) groups excluding carboxylic acids is 1. The zero-order valence-electron chi connectivity index (χ0n) is 19.7. The standard InChI is InChI=1S/C23H37N3O4Si/c1-23(2,3)31(5,6)30-19(16-29-15-13-20(24)22(27)28-4)12-11-18-10-9-17-8-7-14-25-21(17)26-18/h7-10,14,19-20H,11-13,15-16,24H2,1-6H3. The van der Waals surface area contributed by atoms with Crippen molar-refractivity contribution in [3.63, 3.8) is 0 Å². The molecule has 7 nitrogen and oxygen atoms in total. The van der Waals surface area contributed by atoms with Crippen LogP contribution in [-0.2, 0) is 25.1 Å². The Bertz CT molecular complexity index is 854. The van der Waals surface area contributed by atoms with Crippen LogP contribution >= 0.6 is 0 Å². The molecular weight excluding hydrogens is 410 g/mol. The van der Waals surface area contributed by atoms with Gasteiger partial charge in [-0.1, -0.05) is 20.8 Å². The summed E-state index contributed by atoms with van der Waals surface area (Å²) in [5, 5.41) is 1.13. The van der Waals surface area contributed by atoms with Crippen LogP contribution in [0.2, 0.25) is 18.1 Å². The molecule has 0 aliphatic carbocycles. The van der Waals surface area contributed by atoms with E-state index in [-0.39, 0.29) is 11.1 Å². The smallest absolute Gasteiger partial charge is 0.322 e. The van der Waals surface area contributed by atoms with Gasteiger partial charge < -0.3 is 19.6 Å². The van der Waals surface area contributed by atoms with E-state index >= 15 is 0 Å². The summed E-state index contributed by atoms with van der Waals surface area (Å²) in [6.45, 7) is 12.0. The van der Waals surface area contributed by atoms with Crippen LogP contribution in [0, 0.1) is 0 Å². The normalized spacial score (nSPS) is 14.4. The van der Waals surface area contributed by atoms with Gasteiger partial charge in [0.05, 0.1) is 19.8 Å². The molecule has 2 atom stereocenters. The number of esters is 1. The average molecular weight is 448 g/mol. The quantitative estimate of drug-likeness (QED) is 0.317. The predicted octanol–water partition coefficient (Wildman–Crippen LogP) is 3.86. The van der Waals surface area contributed by atoms with E-state index < -0.39 is 20.3 Å². The van der Waals surface area contributed by atoms with Crippen molar-refractivity contribution in [3.05, 3.63) is 36.2 Å². The van der Waals surface area contributed by atoms with Gasteiger partial charge >= 0.3 is 5.97 Å². The molecule has 0 aliphatic rings. The van der Waals surface area contributed by atoms with Crippen molar-refractivity contribution >= 4 is 25.3 Å². The van der Waals surface area contributed by atoms with E-state index in [0.717, 1.165) is 29.6 Å².